The number of nitrogens with zero attached hydrogens (tertiary/aromatic N) is 1. The lowest BCUT2D eigenvalue weighted by atomic mass is 10.6. The average molecular weight is 168 g/mol. The Morgan fingerprint density at radius 3 is 2.64 bits per heavy atom. The van der Waals surface area contributed by atoms with Crippen molar-refractivity contribution in [3.63, 3.8) is 0 Å². The van der Waals surface area contributed by atoms with Crippen LogP contribution < -0.4 is 5.43 Å². The Morgan fingerprint density at radius 1 is 1.64 bits per heavy atom. The van der Waals surface area contributed by atoms with Crippen LogP contribution in [-0.2, 0) is 4.74 Å². The van der Waals surface area contributed by atoms with E-state index in [9.17, 15) is 13.2 Å². The van der Waals surface area contributed by atoms with E-state index in [0.717, 1.165) is 0 Å². The summed E-state index contributed by atoms with van der Waals surface area (Å²) in [5.41, 5.74) is 2.36. The zero-order valence-electron chi connectivity index (χ0n) is 5.77. The Labute approximate surface area is 61.4 Å². The zero-order valence-corrected chi connectivity index (χ0v) is 5.77. The molecule has 3 nitrogen and oxygen atoms in total. The maximum absolute atomic E-state index is 11.5. The van der Waals surface area contributed by atoms with Gasteiger partial charge in [-0.25, -0.2) is 5.01 Å². The molecule has 0 aromatic carbocycles. The van der Waals surface area contributed by atoms with E-state index in [0.29, 0.717) is 6.54 Å². The molecule has 0 unspecified atom stereocenters. The molecule has 0 fully saturated rings. The lowest BCUT2D eigenvalue weighted by Crippen LogP contribution is -2.30. The van der Waals surface area contributed by atoms with Crippen LogP contribution in [0.3, 0.4) is 0 Å². The van der Waals surface area contributed by atoms with Gasteiger partial charge in [0, 0.05) is 13.6 Å². The minimum atomic E-state index is -4.61. The summed E-state index contributed by atoms with van der Waals surface area (Å²) in [5.74, 6) is -0.264. The molecule has 0 aliphatic carbocycles. The van der Waals surface area contributed by atoms with E-state index < -0.39 is 6.36 Å². The van der Waals surface area contributed by atoms with Crippen LogP contribution in [0.5, 0.6) is 0 Å². The second-order valence-electron chi connectivity index (χ2n) is 2.11. The van der Waals surface area contributed by atoms with Crippen molar-refractivity contribution in [3.05, 3.63) is 12.0 Å². The van der Waals surface area contributed by atoms with Gasteiger partial charge in [-0.3, -0.25) is 5.43 Å². The van der Waals surface area contributed by atoms with Crippen molar-refractivity contribution in [1.82, 2.24) is 10.4 Å². The normalized spacial score (nSPS) is 19.5. The van der Waals surface area contributed by atoms with Crippen molar-refractivity contribution in [2.24, 2.45) is 0 Å². The molecule has 1 heterocycles. The largest absolute Gasteiger partial charge is 0.574 e. The fourth-order valence-corrected chi connectivity index (χ4v) is 0.688. The molecule has 64 valence electrons. The highest BCUT2D eigenvalue weighted by Gasteiger charge is 2.33. The molecule has 11 heavy (non-hydrogen) atoms. The number of halogens is 3. The van der Waals surface area contributed by atoms with Gasteiger partial charge in [0.05, 0.1) is 0 Å². The van der Waals surface area contributed by atoms with Crippen LogP contribution in [0.1, 0.15) is 0 Å². The summed E-state index contributed by atoms with van der Waals surface area (Å²) in [4.78, 5) is 0. The molecule has 6 heteroatoms. The standard InChI is InChI=1S/C5H7F3N2O/c1-10-3-2-4(9-10)11-5(6,7)8/h2,9H,3H2,1H3. The molecule has 1 rings (SSSR count). The lowest BCUT2D eigenvalue weighted by molar-refractivity contribution is -0.308. The number of alkyl halides is 3. The quantitative estimate of drug-likeness (QED) is 0.627. The highest BCUT2D eigenvalue weighted by atomic mass is 19.4. The predicted molar refractivity (Wildman–Crippen MR) is 31.0 cm³/mol. The van der Waals surface area contributed by atoms with Crippen LogP contribution in [0, 0.1) is 0 Å². The van der Waals surface area contributed by atoms with Crippen LogP contribution >= 0.6 is 0 Å². The average Bonchev–Trinajstić information content (AvgIpc) is 2.10. The van der Waals surface area contributed by atoms with E-state index in [1.54, 1.807) is 7.05 Å². The lowest BCUT2D eigenvalue weighted by Gasteiger charge is -2.13. The van der Waals surface area contributed by atoms with Gasteiger partial charge in [-0.1, -0.05) is 0 Å². The van der Waals surface area contributed by atoms with Gasteiger partial charge in [-0.2, -0.15) is 0 Å². The molecule has 0 aromatic heterocycles. The second-order valence-corrected chi connectivity index (χ2v) is 2.11. The van der Waals surface area contributed by atoms with Crippen LogP contribution in [0.25, 0.3) is 0 Å². The van der Waals surface area contributed by atoms with Gasteiger partial charge in [0.15, 0.2) is 0 Å². The highest BCUT2D eigenvalue weighted by molar-refractivity contribution is 4.97. The molecule has 0 radical (unpaired) electrons. The van der Waals surface area contributed by atoms with Crippen molar-refractivity contribution in [1.29, 1.82) is 0 Å². The number of likely N-dealkylation sites (N-methyl/N-ethyl adjacent to an activating group) is 1. The first kappa shape index (κ1) is 8.19. The molecule has 0 bridgehead atoms. The third-order valence-corrected chi connectivity index (χ3v) is 1.08. The smallest absolute Gasteiger partial charge is 0.389 e. The van der Waals surface area contributed by atoms with E-state index >= 15 is 0 Å². The summed E-state index contributed by atoms with van der Waals surface area (Å²) < 4.78 is 38.1. The Morgan fingerprint density at radius 2 is 2.27 bits per heavy atom. The third kappa shape index (κ3) is 2.67. The third-order valence-electron chi connectivity index (χ3n) is 1.08. The SMILES string of the molecule is CN1CC=C(OC(F)(F)F)N1. The first-order valence-electron chi connectivity index (χ1n) is 2.91. The van der Waals surface area contributed by atoms with Crippen LogP contribution in [0.4, 0.5) is 13.2 Å². The number of hydrogen-bond acceptors (Lipinski definition) is 3. The number of rotatable bonds is 1. The molecule has 0 saturated carbocycles. The van der Waals surface area contributed by atoms with Gasteiger partial charge in [-0.15, -0.1) is 13.2 Å². The first-order valence-corrected chi connectivity index (χ1v) is 2.91. The molecule has 1 aliphatic heterocycles. The van der Waals surface area contributed by atoms with Crippen LogP contribution in [0.2, 0.25) is 0 Å². The van der Waals surface area contributed by atoms with E-state index in [1.807, 2.05) is 0 Å². The number of nitrogens with one attached hydrogen (secondary N) is 1. The number of hydrazine groups is 1. The molecule has 1 N–H and O–H groups in total. The maximum Gasteiger partial charge on any atom is 0.574 e. The maximum atomic E-state index is 11.5. The minimum Gasteiger partial charge on any atom is -0.389 e. The number of ether oxygens (including phenoxy) is 1. The fraction of sp³-hybridized carbons (Fsp3) is 0.600. The van der Waals surface area contributed by atoms with Gasteiger partial charge in [0.1, 0.15) is 0 Å². The highest BCUT2D eigenvalue weighted by Crippen LogP contribution is 2.20. The molecular weight excluding hydrogens is 161 g/mol. The van der Waals surface area contributed by atoms with Crippen molar-refractivity contribution in [3.8, 4) is 0 Å². The summed E-state index contributed by atoms with van der Waals surface area (Å²) in [6.45, 7) is 0.408. The zero-order chi connectivity index (χ0) is 8.48. The molecule has 0 saturated heterocycles. The molecule has 0 spiro atoms. The van der Waals surface area contributed by atoms with Crippen molar-refractivity contribution in [2.45, 2.75) is 6.36 Å². The Bertz CT molecular complexity index is 177. The van der Waals surface area contributed by atoms with E-state index in [1.165, 1.54) is 11.1 Å². The Hall–Kier alpha value is -0.910. The fourth-order valence-electron chi connectivity index (χ4n) is 0.688. The molecule has 0 aromatic rings. The summed E-state index contributed by atoms with van der Waals surface area (Å²) in [5, 5.41) is 1.47. The minimum absolute atomic E-state index is 0.264. The van der Waals surface area contributed by atoms with Crippen LogP contribution in [-0.4, -0.2) is 25.0 Å². The van der Waals surface area contributed by atoms with Gasteiger partial charge >= 0.3 is 6.36 Å². The topological polar surface area (TPSA) is 24.5 Å². The second kappa shape index (κ2) is 2.61. The van der Waals surface area contributed by atoms with Gasteiger partial charge in [0.2, 0.25) is 5.88 Å². The van der Waals surface area contributed by atoms with Crippen LogP contribution in [0.15, 0.2) is 12.0 Å². The predicted octanol–water partition coefficient (Wildman–Crippen LogP) is 0.814. The monoisotopic (exact) mass is 168 g/mol. The van der Waals surface area contributed by atoms with E-state index in [-0.39, 0.29) is 5.88 Å². The van der Waals surface area contributed by atoms with E-state index in [2.05, 4.69) is 10.2 Å². The Kier molecular flexibility index (Phi) is 1.95. The molecule has 0 atom stereocenters. The van der Waals surface area contributed by atoms with Crippen molar-refractivity contribution < 1.29 is 17.9 Å². The molecular formula is C5H7F3N2O. The van der Waals surface area contributed by atoms with Gasteiger partial charge < -0.3 is 4.74 Å². The first-order chi connectivity index (χ1) is 4.97. The Balaban J connectivity index is 2.40. The summed E-state index contributed by atoms with van der Waals surface area (Å²) in [7, 11) is 1.61. The molecule has 0 amide bonds. The number of hydrogen-bond donors (Lipinski definition) is 1. The summed E-state index contributed by atoms with van der Waals surface area (Å²) >= 11 is 0. The van der Waals surface area contributed by atoms with Crippen molar-refractivity contribution >= 4 is 0 Å². The summed E-state index contributed by atoms with van der Waals surface area (Å²) in [6.07, 6.45) is -3.29. The van der Waals surface area contributed by atoms with Gasteiger partial charge in [0.25, 0.3) is 0 Å². The molecule has 1 aliphatic rings. The van der Waals surface area contributed by atoms with E-state index in [4.69, 9.17) is 0 Å². The van der Waals surface area contributed by atoms with Crippen molar-refractivity contribution in [2.75, 3.05) is 13.6 Å². The summed E-state index contributed by atoms with van der Waals surface area (Å²) in [6, 6.07) is 0. The van der Waals surface area contributed by atoms with Gasteiger partial charge in [-0.05, 0) is 6.08 Å².